The van der Waals surface area contributed by atoms with Gasteiger partial charge < -0.3 is 62.0 Å². The molecule has 0 aromatic rings. The molecule has 0 bridgehead atoms. The molecule has 0 unspecified atom stereocenters. The third kappa shape index (κ3) is 96.9. The van der Waals surface area contributed by atoms with Crippen molar-refractivity contribution in [3.05, 3.63) is 0 Å². The van der Waals surface area contributed by atoms with Gasteiger partial charge in [-0.3, -0.25) is 0 Å². The summed E-state index contributed by atoms with van der Waals surface area (Å²) in [6.45, 7) is 0. The van der Waals surface area contributed by atoms with Gasteiger partial charge in [-0.1, -0.05) is 0 Å². The van der Waals surface area contributed by atoms with Crippen LogP contribution >= 0.6 is 37.2 Å². The predicted molar refractivity (Wildman–Crippen MR) is 21.7 cm³/mol. The molecule has 0 spiro atoms. The first kappa shape index (κ1) is 158. The summed E-state index contributed by atoms with van der Waals surface area (Å²) in [6, 6.07) is 0. The van der Waals surface area contributed by atoms with Crippen molar-refractivity contribution in [2.24, 2.45) is 0 Å². The molecule has 0 rings (SSSR count). The minimum atomic E-state index is 0. The van der Waals surface area contributed by atoms with Crippen LogP contribution in [0, 0.1) is 0 Å². The van der Waals surface area contributed by atoms with Crippen LogP contribution in [-0.4, -0.2) is 0 Å². The summed E-state index contributed by atoms with van der Waals surface area (Å²) in [5, 5.41) is 0. The molecule has 0 aromatic heterocycles. The van der Waals surface area contributed by atoms with Crippen LogP contribution in [0.1, 0.15) is 0 Å². The van der Waals surface area contributed by atoms with E-state index in [4.69, 9.17) is 0 Å². The Morgan fingerprint density at radius 1 is 0.333 bits per heavy atom. The van der Waals surface area contributed by atoms with Crippen LogP contribution in [0.5, 0.6) is 0 Å². The second kappa shape index (κ2) is 120. The summed E-state index contributed by atoms with van der Waals surface area (Å²) < 4.78 is 0. The van der Waals surface area contributed by atoms with Crippen molar-refractivity contribution in [1.82, 2.24) is 0 Å². The van der Waals surface area contributed by atoms with E-state index in [1.54, 1.807) is 0 Å². The van der Waals surface area contributed by atoms with Crippen molar-refractivity contribution in [3.63, 3.8) is 0 Å². The van der Waals surface area contributed by atoms with Crippen molar-refractivity contribution in [3.8, 4) is 0 Å². The maximum atomic E-state index is 0. The molecule has 0 aliphatic heterocycles. The monoisotopic (exact) mass is 376 g/mol. The Hall–Kier alpha value is 3.06. The molecule has 0 amide bonds. The molecular formula is H3Cl8Nb. The van der Waals surface area contributed by atoms with Gasteiger partial charge >= 0.3 is 22.4 Å². The summed E-state index contributed by atoms with van der Waals surface area (Å²) in [7, 11) is 0. The first-order chi connectivity index (χ1) is 0. The molecule has 0 saturated heterocycles. The number of hydrogen-bond donors (Lipinski definition) is 0. The average molecular weight is 380 g/mol. The number of rotatable bonds is 0. The zero-order valence-electron chi connectivity index (χ0n) is 3.56. The van der Waals surface area contributed by atoms with Crippen LogP contribution in [0.2, 0.25) is 0 Å². The Morgan fingerprint density at radius 3 is 0.333 bits per heavy atom. The second-order valence-corrected chi connectivity index (χ2v) is 0. The fourth-order valence-corrected chi connectivity index (χ4v) is 0. The van der Waals surface area contributed by atoms with Gasteiger partial charge in [-0.15, -0.1) is 37.2 Å². The minimum absolute atomic E-state index is 0. The van der Waals surface area contributed by atoms with Crippen LogP contribution in [0.4, 0.5) is 0 Å². The summed E-state index contributed by atoms with van der Waals surface area (Å²) in [5.41, 5.74) is 0. The Labute approximate surface area is 120 Å². The standard InChI is InChI=1S/8ClH.Nb/h8*1H;/q;;;;;;;;+5/p-5. The predicted octanol–water partition coefficient (Wildman–Crippen LogP) is -13.7. The molecule has 9 heavy (non-hydrogen) atoms. The molecule has 0 aliphatic rings. The van der Waals surface area contributed by atoms with Gasteiger partial charge in [0.1, 0.15) is 0 Å². The van der Waals surface area contributed by atoms with Crippen LogP contribution in [0.3, 0.4) is 0 Å². The topological polar surface area (TPSA) is 0 Å². The van der Waals surface area contributed by atoms with Crippen molar-refractivity contribution < 1.29 is 84.4 Å². The molecule has 0 saturated carbocycles. The van der Waals surface area contributed by atoms with E-state index in [9.17, 15) is 0 Å². The van der Waals surface area contributed by atoms with Crippen LogP contribution in [0.15, 0.2) is 0 Å². The fourth-order valence-electron chi connectivity index (χ4n) is 0. The number of halogens is 8. The minimum Gasteiger partial charge on any atom is -1.00 e. The number of hydrogen-bond acceptors (Lipinski definition) is 0. The molecule has 64 valence electrons. The third-order valence-electron chi connectivity index (χ3n) is 0. The van der Waals surface area contributed by atoms with E-state index in [0.29, 0.717) is 0 Å². The van der Waals surface area contributed by atoms with Crippen LogP contribution in [-0.2, 0) is 22.4 Å². The van der Waals surface area contributed by atoms with Gasteiger partial charge in [0.25, 0.3) is 0 Å². The first-order valence-corrected chi connectivity index (χ1v) is 0. The van der Waals surface area contributed by atoms with Gasteiger partial charge in [-0.2, -0.15) is 0 Å². The summed E-state index contributed by atoms with van der Waals surface area (Å²) in [6.07, 6.45) is 0. The van der Waals surface area contributed by atoms with Crippen molar-refractivity contribution in [2.45, 2.75) is 0 Å². The molecule has 0 heterocycles. The Bertz CT molecular complexity index is 4.53. The average Bonchev–Trinajstić information content (AvgIpc) is 0. The molecule has 0 N–H and O–H groups in total. The molecule has 0 atom stereocenters. The Balaban J connectivity index is 0. The third-order valence-corrected chi connectivity index (χ3v) is 0. The quantitative estimate of drug-likeness (QED) is 0.367. The zero-order chi connectivity index (χ0) is 0. The van der Waals surface area contributed by atoms with Crippen molar-refractivity contribution >= 4 is 37.2 Å². The van der Waals surface area contributed by atoms with Crippen molar-refractivity contribution in [2.75, 3.05) is 0 Å². The van der Waals surface area contributed by atoms with Gasteiger partial charge in [-0.25, -0.2) is 0 Å². The van der Waals surface area contributed by atoms with E-state index >= 15 is 0 Å². The second-order valence-electron chi connectivity index (χ2n) is 0. The van der Waals surface area contributed by atoms with E-state index in [0.717, 1.165) is 0 Å². The SMILES string of the molecule is Cl.Cl.Cl.[Cl-].[Cl-].[Cl-].[Cl-].[Cl-].[Nb+5]. The zero-order valence-corrected chi connectivity index (χ0v) is 12.0. The van der Waals surface area contributed by atoms with E-state index in [2.05, 4.69) is 0 Å². The summed E-state index contributed by atoms with van der Waals surface area (Å²) in [5.74, 6) is 0. The molecule has 0 fully saturated rings. The van der Waals surface area contributed by atoms with E-state index in [-0.39, 0.29) is 122 Å². The molecule has 0 radical (unpaired) electrons. The maximum absolute atomic E-state index is 0. The Morgan fingerprint density at radius 2 is 0.333 bits per heavy atom. The van der Waals surface area contributed by atoms with E-state index < -0.39 is 0 Å². The Kier molecular flexibility index (Phi) is 2090. The van der Waals surface area contributed by atoms with Gasteiger partial charge in [-0.05, 0) is 0 Å². The van der Waals surface area contributed by atoms with Gasteiger partial charge in [0.2, 0.25) is 0 Å². The fraction of sp³-hybridized carbons (Fsp3) is 0. The maximum Gasteiger partial charge on any atom is 5.00 e. The van der Waals surface area contributed by atoms with Gasteiger partial charge in [0.05, 0.1) is 0 Å². The van der Waals surface area contributed by atoms with Crippen LogP contribution < -0.4 is 62.0 Å². The molecule has 0 nitrogen and oxygen atoms in total. The molecule has 0 aromatic carbocycles. The smallest absolute Gasteiger partial charge is 1.00 e. The van der Waals surface area contributed by atoms with Gasteiger partial charge in [0.15, 0.2) is 0 Å². The molecular weight excluding hydrogens is 377 g/mol. The molecule has 9 heteroatoms. The summed E-state index contributed by atoms with van der Waals surface area (Å²) >= 11 is 0. The largest absolute Gasteiger partial charge is 5.00 e. The normalized spacial score (nSPS) is 0. The molecule has 0 aliphatic carbocycles. The van der Waals surface area contributed by atoms with Crippen molar-refractivity contribution in [1.29, 1.82) is 0 Å². The summed E-state index contributed by atoms with van der Waals surface area (Å²) in [4.78, 5) is 0. The van der Waals surface area contributed by atoms with E-state index in [1.165, 1.54) is 0 Å². The van der Waals surface area contributed by atoms with Crippen LogP contribution in [0.25, 0.3) is 0 Å². The van der Waals surface area contributed by atoms with E-state index in [1.807, 2.05) is 0 Å². The van der Waals surface area contributed by atoms with Gasteiger partial charge in [0, 0.05) is 0 Å². The first-order valence-electron chi connectivity index (χ1n) is 0.